The fourth-order valence-corrected chi connectivity index (χ4v) is 5.17. The average molecular weight is 499 g/mol. The highest BCUT2D eigenvalue weighted by Gasteiger charge is 2.46. The molecule has 0 saturated carbocycles. The molecule has 0 spiro atoms. The standard InChI is InChI=1S/C26H31FN4O5/c1-30-8-10-31(11-9-30)24(33)14-19-13-21-20-12-18(6-7-22(20)36-25(21)23(15-32)35-19)29-26(34)28-17-4-2-16(27)3-5-17/h2-7,12,19,21,23,25,32H,8-11,13-15H2,1H3,(H2,28,29,34)/t19-,21+,23+,25-/m0/s1. The molecule has 192 valence electrons. The second-order valence-corrected chi connectivity index (χ2v) is 9.63. The summed E-state index contributed by atoms with van der Waals surface area (Å²) in [5, 5.41) is 15.5. The Bertz CT molecular complexity index is 1110. The summed E-state index contributed by atoms with van der Waals surface area (Å²) in [6, 6.07) is 10.5. The zero-order valence-electron chi connectivity index (χ0n) is 20.2. The number of nitrogens with zero attached hydrogens (tertiary/aromatic N) is 2. The second-order valence-electron chi connectivity index (χ2n) is 9.63. The molecule has 2 fully saturated rings. The van der Waals surface area contributed by atoms with Crippen LogP contribution in [-0.4, -0.2) is 85.0 Å². The molecule has 3 N–H and O–H groups in total. The molecule has 9 nitrogen and oxygen atoms in total. The maximum atomic E-state index is 13.1. The number of carbonyl (C=O) groups excluding carboxylic acids is 2. The van der Waals surface area contributed by atoms with E-state index >= 15 is 0 Å². The second kappa shape index (κ2) is 10.4. The first-order valence-corrected chi connectivity index (χ1v) is 12.3. The first kappa shape index (κ1) is 24.5. The van der Waals surface area contributed by atoms with Crippen LogP contribution in [0, 0.1) is 5.82 Å². The van der Waals surface area contributed by atoms with E-state index in [1.165, 1.54) is 24.3 Å². The van der Waals surface area contributed by atoms with Gasteiger partial charge in [0, 0.05) is 49.0 Å². The molecule has 36 heavy (non-hydrogen) atoms. The van der Waals surface area contributed by atoms with Gasteiger partial charge in [-0.15, -0.1) is 0 Å². The Morgan fingerprint density at radius 3 is 2.47 bits per heavy atom. The molecule has 0 unspecified atom stereocenters. The van der Waals surface area contributed by atoms with Crippen LogP contribution in [-0.2, 0) is 9.53 Å². The number of nitrogens with one attached hydrogen (secondary N) is 2. The van der Waals surface area contributed by atoms with E-state index in [0.717, 1.165) is 18.7 Å². The highest BCUT2D eigenvalue weighted by atomic mass is 19.1. The van der Waals surface area contributed by atoms with Crippen molar-refractivity contribution in [3.8, 4) is 5.75 Å². The number of halogens is 1. The number of piperazine rings is 1. The predicted molar refractivity (Wildman–Crippen MR) is 132 cm³/mol. The van der Waals surface area contributed by atoms with E-state index in [1.807, 2.05) is 18.0 Å². The quantitative estimate of drug-likeness (QED) is 0.586. The molecule has 2 aromatic carbocycles. The van der Waals surface area contributed by atoms with E-state index in [4.69, 9.17) is 9.47 Å². The third-order valence-corrected chi connectivity index (χ3v) is 7.12. The van der Waals surface area contributed by atoms with Crippen LogP contribution < -0.4 is 15.4 Å². The van der Waals surface area contributed by atoms with Gasteiger partial charge in [0.15, 0.2) is 0 Å². The number of aliphatic hydroxyl groups is 1. The number of urea groups is 1. The van der Waals surface area contributed by atoms with Crippen molar-refractivity contribution >= 4 is 23.3 Å². The van der Waals surface area contributed by atoms with Crippen molar-refractivity contribution in [3.05, 3.63) is 53.8 Å². The van der Waals surface area contributed by atoms with E-state index in [0.29, 0.717) is 36.6 Å². The Labute approximate surface area is 209 Å². The van der Waals surface area contributed by atoms with Crippen LogP contribution in [0.25, 0.3) is 0 Å². The Kier molecular flexibility index (Phi) is 7.08. The molecule has 2 aromatic rings. The van der Waals surface area contributed by atoms with Gasteiger partial charge in [0.2, 0.25) is 5.91 Å². The minimum absolute atomic E-state index is 0.0651. The molecular weight excluding hydrogens is 467 g/mol. The molecule has 0 bridgehead atoms. The zero-order valence-corrected chi connectivity index (χ0v) is 20.2. The number of ether oxygens (including phenoxy) is 2. The largest absolute Gasteiger partial charge is 0.487 e. The topological polar surface area (TPSA) is 103 Å². The monoisotopic (exact) mass is 498 g/mol. The molecule has 4 atom stereocenters. The number of rotatable bonds is 5. The molecule has 10 heteroatoms. The summed E-state index contributed by atoms with van der Waals surface area (Å²) in [4.78, 5) is 29.4. The van der Waals surface area contributed by atoms with E-state index < -0.39 is 12.1 Å². The Morgan fingerprint density at radius 2 is 1.75 bits per heavy atom. The zero-order chi connectivity index (χ0) is 25.2. The minimum atomic E-state index is -0.542. The maximum absolute atomic E-state index is 13.1. The lowest BCUT2D eigenvalue weighted by atomic mass is 9.84. The van der Waals surface area contributed by atoms with Crippen molar-refractivity contribution in [1.29, 1.82) is 0 Å². The van der Waals surface area contributed by atoms with E-state index in [1.54, 1.807) is 12.1 Å². The number of hydrogen-bond acceptors (Lipinski definition) is 6. The number of amides is 3. The molecule has 3 heterocycles. The SMILES string of the molecule is CN1CCN(C(=O)C[C@@H]2C[C@@H]3c4cc(NC(=O)Nc5ccc(F)cc5)ccc4O[C@@H]3[C@@H](CO)O2)CC1. The van der Waals surface area contributed by atoms with Gasteiger partial charge < -0.3 is 35.0 Å². The lowest BCUT2D eigenvalue weighted by Gasteiger charge is -2.38. The van der Waals surface area contributed by atoms with Crippen molar-refractivity contribution in [2.45, 2.75) is 37.1 Å². The maximum Gasteiger partial charge on any atom is 0.323 e. The summed E-state index contributed by atoms with van der Waals surface area (Å²) in [5.41, 5.74) is 1.97. The number of hydrogen-bond donors (Lipinski definition) is 3. The van der Waals surface area contributed by atoms with Crippen LogP contribution in [0.4, 0.5) is 20.6 Å². The fraction of sp³-hybridized carbons (Fsp3) is 0.462. The summed E-state index contributed by atoms with van der Waals surface area (Å²) in [5.74, 6) is 0.297. The van der Waals surface area contributed by atoms with Crippen molar-refractivity contribution in [2.24, 2.45) is 0 Å². The molecule has 0 aliphatic carbocycles. The lowest BCUT2D eigenvalue weighted by molar-refractivity contribution is -0.150. The van der Waals surface area contributed by atoms with Gasteiger partial charge in [0.05, 0.1) is 19.1 Å². The van der Waals surface area contributed by atoms with Crippen molar-refractivity contribution < 1.29 is 28.6 Å². The van der Waals surface area contributed by atoms with Crippen molar-refractivity contribution in [2.75, 3.05) is 50.5 Å². The number of fused-ring (bicyclic) bond motifs is 3. The number of anilines is 2. The molecule has 5 rings (SSSR count). The average Bonchev–Trinajstić information content (AvgIpc) is 3.23. The fourth-order valence-electron chi connectivity index (χ4n) is 5.17. The lowest BCUT2D eigenvalue weighted by Crippen LogP contribution is -2.50. The van der Waals surface area contributed by atoms with Gasteiger partial charge in [-0.1, -0.05) is 0 Å². The van der Waals surface area contributed by atoms with E-state index in [2.05, 4.69) is 15.5 Å². The van der Waals surface area contributed by atoms with Gasteiger partial charge in [-0.2, -0.15) is 0 Å². The van der Waals surface area contributed by atoms with E-state index in [-0.39, 0.29) is 42.9 Å². The van der Waals surface area contributed by atoms with Gasteiger partial charge in [0.1, 0.15) is 23.8 Å². The normalized spacial score (nSPS) is 25.5. The van der Waals surface area contributed by atoms with E-state index in [9.17, 15) is 19.1 Å². The summed E-state index contributed by atoms with van der Waals surface area (Å²) in [7, 11) is 2.05. The molecule has 3 aliphatic heterocycles. The smallest absolute Gasteiger partial charge is 0.323 e. The third-order valence-electron chi connectivity index (χ3n) is 7.12. The van der Waals surface area contributed by atoms with Crippen molar-refractivity contribution in [1.82, 2.24) is 9.80 Å². The predicted octanol–water partition coefficient (Wildman–Crippen LogP) is 2.63. The van der Waals surface area contributed by atoms with Gasteiger partial charge in [-0.05, 0) is 55.9 Å². The Hall–Kier alpha value is -3.21. The summed E-state index contributed by atoms with van der Waals surface area (Å²) >= 11 is 0. The molecule has 2 saturated heterocycles. The van der Waals surface area contributed by atoms with Crippen molar-refractivity contribution in [3.63, 3.8) is 0 Å². The number of aliphatic hydroxyl groups excluding tert-OH is 1. The molecule has 0 aromatic heterocycles. The van der Waals surface area contributed by atoms with Crippen LogP contribution >= 0.6 is 0 Å². The third kappa shape index (κ3) is 5.30. The van der Waals surface area contributed by atoms with Crippen LogP contribution in [0.2, 0.25) is 0 Å². The number of benzene rings is 2. The van der Waals surface area contributed by atoms with Crippen LogP contribution in [0.3, 0.4) is 0 Å². The molecule has 0 radical (unpaired) electrons. The highest BCUT2D eigenvalue weighted by molar-refractivity contribution is 5.99. The number of carbonyl (C=O) groups is 2. The van der Waals surface area contributed by atoms with Crippen LogP contribution in [0.15, 0.2) is 42.5 Å². The van der Waals surface area contributed by atoms with Gasteiger partial charge >= 0.3 is 6.03 Å². The molecule has 3 aliphatic rings. The summed E-state index contributed by atoms with van der Waals surface area (Å²) in [6.45, 7) is 2.91. The first-order valence-electron chi connectivity index (χ1n) is 12.3. The summed E-state index contributed by atoms with van der Waals surface area (Å²) < 4.78 is 25.3. The van der Waals surface area contributed by atoms with Crippen LogP contribution in [0.5, 0.6) is 5.75 Å². The first-order chi connectivity index (χ1) is 17.4. The number of likely N-dealkylation sites (N-methyl/N-ethyl adjacent to an activating group) is 1. The highest BCUT2D eigenvalue weighted by Crippen LogP contribution is 2.47. The van der Waals surface area contributed by atoms with Gasteiger partial charge in [-0.3, -0.25) is 4.79 Å². The van der Waals surface area contributed by atoms with Gasteiger partial charge in [-0.25, -0.2) is 9.18 Å². The van der Waals surface area contributed by atoms with Crippen LogP contribution in [0.1, 0.15) is 24.3 Å². The Balaban J connectivity index is 1.26. The summed E-state index contributed by atoms with van der Waals surface area (Å²) in [6.07, 6.45) is -0.387. The molecular formula is C26H31FN4O5. The Morgan fingerprint density at radius 1 is 1.06 bits per heavy atom. The van der Waals surface area contributed by atoms with Gasteiger partial charge in [0.25, 0.3) is 0 Å². The minimum Gasteiger partial charge on any atom is -0.487 e. The molecule has 3 amide bonds.